The van der Waals surface area contributed by atoms with Crippen LogP contribution in [0, 0.1) is 35.3 Å². The average molecular weight is 416 g/mol. The fourth-order valence-corrected chi connectivity index (χ4v) is 3.25. The summed E-state index contributed by atoms with van der Waals surface area (Å²) in [4.78, 5) is 27.5. The lowest BCUT2D eigenvalue weighted by Crippen LogP contribution is -2.26. The molecule has 1 heterocycles. The van der Waals surface area contributed by atoms with Gasteiger partial charge in [-0.1, -0.05) is 30.3 Å². The zero-order valence-corrected chi connectivity index (χ0v) is 17.1. The molecule has 0 fully saturated rings. The van der Waals surface area contributed by atoms with Gasteiger partial charge in [0, 0.05) is 24.9 Å². The SMILES string of the molecule is Cc1cc([N+](=O)[O-])ccc1N=Cc1c(C)c(C#N)c(=O)n(CCc2ccccc2)c1O. The zero-order chi connectivity index (χ0) is 22.5. The number of nitro groups is 1. The Labute approximate surface area is 178 Å². The van der Waals surface area contributed by atoms with Gasteiger partial charge in [-0.25, -0.2) is 0 Å². The molecule has 3 rings (SSSR count). The summed E-state index contributed by atoms with van der Waals surface area (Å²) < 4.78 is 1.17. The van der Waals surface area contributed by atoms with Crippen molar-refractivity contribution < 1.29 is 10.0 Å². The molecule has 1 N–H and O–H groups in total. The van der Waals surface area contributed by atoms with Crippen LogP contribution in [0.25, 0.3) is 0 Å². The van der Waals surface area contributed by atoms with Crippen molar-refractivity contribution in [3.05, 3.63) is 96.8 Å². The molecule has 0 atom stereocenters. The smallest absolute Gasteiger partial charge is 0.271 e. The van der Waals surface area contributed by atoms with E-state index in [0.29, 0.717) is 23.2 Å². The van der Waals surface area contributed by atoms with E-state index in [0.717, 1.165) is 5.56 Å². The molecule has 0 aliphatic heterocycles. The summed E-state index contributed by atoms with van der Waals surface area (Å²) in [7, 11) is 0. The van der Waals surface area contributed by atoms with Crippen LogP contribution in [0.4, 0.5) is 11.4 Å². The van der Waals surface area contributed by atoms with Crippen LogP contribution in [-0.4, -0.2) is 20.8 Å². The zero-order valence-electron chi connectivity index (χ0n) is 17.1. The predicted molar refractivity (Wildman–Crippen MR) is 117 cm³/mol. The van der Waals surface area contributed by atoms with Gasteiger partial charge in [0.05, 0.1) is 16.2 Å². The van der Waals surface area contributed by atoms with Crippen molar-refractivity contribution in [2.45, 2.75) is 26.8 Å². The highest BCUT2D eigenvalue weighted by Gasteiger charge is 2.18. The lowest BCUT2D eigenvalue weighted by Gasteiger charge is -2.14. The highest BCUT2D eigenvalue weighted by atomic mass is 16.6. The van der Waals surface area contributed by atoms with Gasteiger partial charge in [0.25, 0.3) is 11.2 Å². The number of nitriles is 1. The van der Waals surface area contributed by atoms with Gasteiger partial charge in [0.1, 0.15) is 11.6 Å². The molecule has 8 heteroatoms. The van der Waals surface area contributed by atoms with Crippen molar-refractivity contribution in [2.24, 2.45) is 4.99 Å². The van der Waals surface area contributed by atoms with Crippen molar-refractivity contribution in [3.8, 4) is 11.9 Å². The van der Waals surface area contributed by atoms with Gasteiger partial charge in [-0.15, -0.1) is 0 Å². The third-order valence-electron chi connectivity index (χ3n) is 5.04. The van der Waals surface area contributed by atoms with Crippen molar-refractivity contribution in [1.82, 2.24) is 4.57 Å². The van der Waals surface area contributed by atoms with Crippen molar-refractivity contribution in [2.75, 3.05) is 0 Å². The predicted octanol–water partition coefficient (Wildman–Crippen LogP) is 3.94. The number of non-ortho nitro benzene ring substituents is 1. The summed E-state index contributed by atoms with van der Waals surface area (Å²) in [6, 6.07) is 15.7. The second-order valence-electron chi connectivity index (χ2n) is 7.03. The minimum absolute atomic E-state index is 0.0447. The summed E-state index contributed by atoms with van der Waals surface area (Å²) in [6.45, 7) is 3.46. The Kier molecular flexibility index (Phi) is 6.26. The van der Waals surface area contributed by atoms with E-state index in [1.807, 2.05) is 36.4 Å². The molecule has 0 saturated carbocycles. The van der Waals surface area contributed by atoms with E-state index in [1.165, 1.54) is 29.0 Å². The molecule has 0 amide bonds. The maximum absolute atomic E-state index is 12.7. The normalized spacial score (nSPS) is 10.9. The van der Waals surface area contributed by atoms with Crippen LogP contribution in [0.2, 0.25) is 0 Å². The van der Waals surface area contributed by atoms with Crippen LogP contribution in [0.15, 0.2) is 58.3 Å². The molecule has 3 aromatic rings. The van der Waals surface area contributed by atoms with Crippen molar-refractivity contribution in [3.63, 3.8) is 0 Å². The highest BCUT2D eigenvalue weighted by molar-refractivity contribution is 5.87. The van der Waals surface area contributed by atoms with Gasteiger partial charge in [-0.3, -0.25) is 24.5 Å². The topological polar surface area (TPSA) is 122 Å². The molecule has 31 heavy (non-hydrogen) atoms. The lowest BCUT2D eigenvalue weighted by molar-refractivity contribution is -0.384. The van der Waals surface area contributed by atoms with E-state index in [9.17, 15) is 25.3 Å². The summed E-state index contributed by atoms with van der Waals surface area (Å²) in [5.41, 5.74) is 1.96. The molecule has 8 nitrogen and oxygen atoms in total. The fraction of sp³-hybridized carbons (Fsp3) is 0.174. The highest BCUT2D eigenvalue weighted by Crippen LogP contribution is 2.25. The van der Waals surface area contributed by atoms with E-state index < -0.39 is 10.5 Å². The van der Waals surface area contributed by atoms with E-state index >= 15 is 0 Å². The monoisotopic (exact) mass is 416 g/mol. The molecule has 0 aliphatic rings. The van der Waals surface area contributed by atoms with Crippen LogP contribution < -0.4 is 5.56 Å². The van der Waals surface area contributed by atoms with Crippen LogP contribution in [-0.2, 0) is 13.0 Å². The number of nitro benzene ring substituents is 1. The number of aromatic nitrogens is 1. The first-order chi connectivity index (χ1) is 14.8. The van der Waals surface area contributed by atoms with E-state index in [4.69, 9.17) is 0 Å². The third kappa shape index (κ3) is 4.51. The summed E-state index contributed by atoms with van der Waals surface area (Å²) in [5.74, 6) is -0.277. The quantitative estimate of drug-likeness (QED) is 0.370. The van der Waals surface area contributed by atoms with Crippen LogP contribution >= 0.6 is 0 Å². The van der Waals surface area contributed by atoms with Gasteiger partial charge in [-0.2, -0.15) is 5.26 Å². The Morgan fingerprint density at radius 3 is 2.55 bits per heavy atom. The summed E-state index contributed by atoms with van der Waals surface area (Å²) in [6.07, 6.45) is 1.87. The summed E-state index contributed by atoms with van der Waals surface area (Å²) in [5, 5.41) is 31.2. The van der Waals surface area contributed by atoms with E-state index in [1.54, 1.807) is 13.8 Å². The Morgan fingerprint density at radius 1 is 1.23 bits per heavy atom. The number of aliphatic imine (C=N–C) groups is 1. The van der Waals surface area contributed by atoms with Crippen LogP contribution in [0.3, 0.4) is 0 Å². The first kappa shape index (κ1) is 21.5. The van der Waals surface area contributed by atoms with Crippen molar-refractivity contribution >= 4 is 17.6 Å². The number of nitrogens with zero attached hydrogens (tertiary/aromatic N) is 4. The molecule has 1 aromatic heterocycles. The number of hydrogen-bond donors (Lipinski definition) is 1. The minimum atomic E-state index is -0.558. The Morgan fingerprint density at radius 2 is 1.94 bits per heavy atom. The lowest BCUT2D eigenvalue weighted by atomic mass is 10.1. The number of benzene rings is 2. The number of hydrogen-bond acceptors (Lipinski definition) is 6. The molecule has 0 spiro atoms. The standard InChI is InChI=1S/C23H20N4O4/c1-15-12-18(27(30)31)8-9-21(15)25-14-20-16(2)19(13-24)22(28)26(23(20)29)11-10-17-6-4-3-5-7-17/h3-9,12,14,29H,10-11H2,1-2H3. The first-order valence-corrected chi connectivity index (χ1v) is 9.53. The Hall–Kier alpha value is -4.25. The van der Waals surface area contributed by atoms with Crippen LogP contribution in [0.1, 0.15) is 27.8 Å². The molecule has 0 bridgehead atoms. The van der Waals surface area contributed by atoms with E-state index in [2.05, 4.69) is 4.99 Å². The van der Waals surface area contributed by atoms with Gasteiger partial charge in [-0.05, 0) is 43.0 Å². The van der Waals surface area contributed by atoms with E-state index in [-0.39, 0.29) is 29.2 Å². The maximum atomic E-state index is 12.7. The fourth-order valence-electron chi connectivity index (χ4n) is 3.25. The Bertz CT molecular complexity index is 1270. The second-order valence-corrected chi connectivity index (χ2v) is 7.03. The molecule has 0 aliphatic carbocycles. The van der Waals surface area contributed by atoms with Gasteiger partial charge >= 0.3 is 0 Å². The first-order valence-electron chi connectivity index (χ1n) is 9.53. The number of aryl methyl sites for hydroxylation is 2. The Balaban J connectivity index is 2.02. The molecule has 2 aromatic carbocycles. The number of rotatable bonds is 6. The number of aromatic hydroxyl groups is 1. The van der Waals surface area contributed by atoms with Gasteiger partial charge < -0.3 is 5.11 Å². The third-order valence-corrected chi connectivity index (χ3v) is 5.04. The minimum Gasteiger partial charge on any atom is -0.494 e. The largest absolute Gasteiger partial charge is 0.494 e. The van der Waals surface area contributed by atoms with Crippen molar-refractivity contribution in [1.29, 1.82) is 5.26 Å². The summed E-state index contributed by atoms with van der Waals surface area (Å²) >= 11 is 0. The van der Waals surface area contributed by atoms with Crippen LogP contribution in [0.5, 0.6) is 5.88 Å². The molecule has 0 unspecified atom stereocenters. The van der Waals surface area contributed by atoms with Gasteiger partial charge in [0.2, 0.25) is 5.88 Å². The van der Waals surface area contributed by atoms with Gasteiger partial charge in [0.15, 0.2) is 0 Å². The average Bonchev–Trinajstić information content (AvgIpc) is 2.75. The molecular formula is C23H20N4O4. The number of pyridine rings is 1. The molecular weight excluding hydrogens is 396 g/mol. The molecule has 0 saturated heterocycles. The molecule has 156 valence electrons. The molecule has 0 radical (unpaired) electrons. The second kappa shape index (κ2) is 9.05. The maximum Gasteiger partial charge on any atom is 0.271 e.